The molecule has 0 unspecified atom stereocenters. The minimum Gasteiger partial charge on any atom is -0.480 e. The van der Waals surface area contributed by atoms with Gasteiger partial charge in [-0.3, -0.25) is 19.4 Å². The summed E-state index contributed by atoms with van der Waals surface area (Å²) in [6.07, 6.45) is 1.22. The number of carbonyl (C=O) groups is 3. The third-order valence-electron chi connectivity index (χ3n) is 2.20. The molecule has 0 aliphatic rings. The molecule has 18 heavy (non-hydrogen) atoms. The van der Waals surface area contributed by atoms with Crippen molar-refractivity contribution in [3.8, 4) is 0 Å². The van der Waals surface area contributed by atoms with Crippen LogP contribution in [-0.4, -0.2) is 41.0 Å². The Balaban J connectivity index is 2.76. The van der Waals surface area contributed by atoms with E-state index in [0.29, 0.717) is 0 Å². The van der Waals surface area contributed by atoms with Gasteiger partial charge in [0.05, 0.1) is 5.56 Å². The molecular weight excluding hydrogens is 238 g/mol. The average molecular weight is 251 g/mol. The SMILES string of the molecule is CNC(=O)c1ccc(C(=O)N[C@@H](C)C(=O)O)cn1. The summed E-state index contributed by atoms with van der Waals surface area (Å²) in [6.45, 7) is 1.35. The van der Waals surface area contributed by atoms with E-state index in [4.69, 9.17) is 5.11 Å². The van der Waals surface area contributed by atoms with Crippen LogP contribution in [0.3, 0.4) is 0 Å². The van der Waals surface area contributed by atoms with Gasteiger partial charge >= 0.3 is 5.97 Å². The lowest BCUT2D eigenvalue weighted by Gasteiger charge is -2.09. The first kappa shape index (κ1) is 13.6. The first-order valence-corrected chi connectivity index (χ1v) is 5.17. The molecule has 1 atom stereocenters. The highest BCUT2D eigenvalue weighted by molar-refractivity contribution is 5.97. The minimum atomic E-state index is -1.13. The highest BCUT2D eigenvalue weighted by atomic mass is 16.4. The van der Waals surface area contributed by atoms with Crippen molar-refractivity contribution in [2.24, 2.45) is 0 Å². The van der Waals surface area contributed by atoms with Gasteiger partial charge in [0.2, 0.25) is 0 Å². The molecule has 7 nitrogen and oxygen atoms in total. The molecule has 0 aliphatic carbocycles. The van der Waals surface area contributed by atoms with E-state index in [1.807, 2.05) is 0 Å². The summed E-state index contributed by atoms with van der Waals surface area (Å²) in [5.74, 6) is -2.04. The molecule has 0 aromatic carbocycles. The van der Waals surface area contributed by atoms with Crippen LogP contribution in [0.2, 0.25) is 0 Å². The summed E-state index contributed by atoms with van der Waals surface area (Å²) in [7, 11) is 1.47. The van der Waals surface area contributed by atoms with Gasteiger partial charge < -0.3 is 15.7 Å². The van der Waals surface area contributed by atoms with E-state index in [9.17, 15) is 14.4 Å². The van der Waals surface area contributed by atoms with Gasteiger partial charge in [-0.1, -0.05) is 0 Å². The van der Waals surface area contributed by atoms with Crippen molar-refractivity contribution >= 4 is 17.8 Å². The quantitative estimate of drug-likeness (QED) is 0.677. The summed E-state index contributed by atoms with van der Waals surface area (Å²) < 4.78 is 0. The van der Waals surface area contributed by atoms with E-state index >= 15 is 0 Å². The number of hydrogen-bond acceptors (Lipinski definition) is 4. The third kappa shape index (κ3) is 3.27. The molecule has 1 rings (SSSR count). The van der Waals surface area contributed by atoms with Gasteiger partial charge in [0, 0.05) is 13.2 Å². The van der Waals surface area contributed by atoms with Crippen LogP contribution >= 0.6 is 0 Å². The van der Waals surface area contributed by atoms with Gasteiger partial charge in [0.25, 0.3) is 11.8 Å². The molecule has 2 amide bonds. The molecule has 0 saturated heterocycles. The zero-order valence-electron chi connectivity index (χ0n) is 9.93. The number of nitrogens with one attached hydrogen (secondary N) is 2. The Bertz CT molecular complexity index is 470. The normalized spacial score (nSPS) is 11.4. The zero-order valence-corrected chi connectivity index (χ0v) is 9.93. The highest BCUT2D eigenvalue weighted by Crippen LogP contribution is 2.01. The van der Waals surface area contributed by atoms with Gasteiger partial charge in [-0.2, -0.15) is 0 Å². The summed E-state index contributed by atoms with van der Waals surface area (Å²) in [6, 6.07) is 1.80. The maximum absolute atomic E-state index is 11.6. The van der Waals surface area contributed by atoms with Crippen molar-refractivity contribution in [3.63, 3.8) is 0 Å². The van der Waals surface area contributed by atoms with Crippen LogP contribution in [0.4, 0.5) is 0 Å². The number of nitrogens with zero attached hydrogens (tertiary/aromatic N) is 1. The number of pyridine rings is 1. The summed E-state index contributed by atoms with van der Waals surface area (Å²) in [5, 5.41) is 13.3. The van der Waals surface area contributed by atoms with Gasteiger partial charge in [0.1, 0.15) is 11.7 Å². The maximum Gasteiger partial charge on any atom is 0.325 e. The largest absolute Gasteiger partial charge is 0.480 e. The van der Waals surface area contributed by atoms with E-state index in [0.717, 1.165) is 0 Å². The topological polar surface area (TPSA) is 108 Å². The Morgan fingerprint density at radius 2 is 1.94 bits per heavy atom. The third-order valence-corrected chi connectivity index (χ3v) is 2.20. The van der Waals surface area contributed by atoms with Crippen molar-refractivity contribution < 1.29 is 19.5 Å². The van der Waals surface area contributed by atoms with E-state index in [1.165, 1.54) is 32.3 Å². The number of hydrogen-bond donors (Lipinski definition) is 3. The van der Waals surface area contributed by atoms with E-state index in [1.54, 1.807) is 0 Å². The number of rotatable bonds is 4. The summed E-state index contributed by atoms with van der Waals surface area (Å²) in [4.78, 5) is 37.2. The Morgan fingerprint density at radius 1 is 1.28 bits per heavy atom. The van der Waals surface area contributed by atoms with E-state index in [-0.39, 0.29) is 17.2 Å². The fraction of sp³-hybridized carbons (Fsp3) is 0.273. The van der Waals surface area contributed by atoms with Crippen molar-refractivity contribution in [3.05, 3.63) is 29.6 Å². The molecule has 3 N–H and O–H groups in total. The second-order valence-electron chi connectivity index (χ2n) is 3.54. The Kier molecular flexibility index (Phi) is 4.36. The molecule has 0 fully saturated rings. The van der Waals surface area contributed by atoms with Gasteiger partial charge in [-0.15, -0.1) is 0 Å². The monoisotopic (exact) mass is 251 g/mol. The molecule has 96 valence electrons. The average Bonchev–Trinajstić information content (AvgIpc) is 2.37. The summed E-state index contributed by atoms with van der Waals surface area (Å²) >= 11 is 0. The van der Waals surface area contributed by atoms with Crippen LogP contribution < -0.4 is 10.6 Å². The summed E-state index contributed by atoms with van der Waals surface area (Å²) in [5.41, 5.74) is 0.371. The van der Waals surface area contributed by atoms with Crippen LogP contribution in [0, 0.1) is 0 Å². The van der Waals surface area contributed by atoms with Crippen LogP contribution in [0.25, 0.3) is 0 Å². The molecule has 0 radical (unpaired) electrons. The van der Waals surface area contributed by atoms with Crippen molar-refractivity contribution in [2.45, 2.75) is 13.0 Å². The van der Waals surface area contributed by atoms with Crippen LogP contribution in [0.5, 0.6) is 0 Å². The molecular formula is C11H13N3O4. The Labute approximate surface area is 103 Å². The number of carboxylic acids is 1. The molecule has 1 aromatic rings. The lowest BCUT2D eigenvalue weighted by Crippen LogP contribution is -2.38. The molecule has 1 heterocycles. The number of carboxylic acid groups (broad SMARTS) is 1. The lowest BCUT2D eigenvalue weighted by molar-refractivity contribution is -0.138. The molecule has 0 aliphatic heterocycles. The van der Waals surface area contributed by atoms with Gasteiger partial charge in [0.15, 0.2) is 0 Å². The predicted octanol–water partition coefficient (Wildman–Crippen LogP) is -0.356. The minimum absolute atomic E-state index is 0.181. The zero-order chi connectivity index (χ0) is 13.7. The standard InChI is InChI=1S/C11H13N3O4/c1-6(11(17)18)14-9(15)7-3-4-8(13-5-7)10(16)12-2/h3-6H,1-2H3,(H,12,16)(H,14,15)(H,17,18)/t6-/m0/s1. The predicted molar refractivity (Wildman–Crippen MR) is 62.2 cm³/mol. The van der Waals surface area contributed by atoms with E-state index < -0.39 is 17.9 Å². The van der Waals surface area contributed by atoms with Crippen LogP contribution in [-0.2, 0) is 4.79 Å². The Hall–Kier alpha value is -2.44. The fourth-order valence-electron chi connectivity index (χ4n) is 1.13. The number of carbonyl (C=O) groups excluding carboxylic acids is 2. The first-order chi connectivity index (χ1) is 8.45. The van der Waals surface area contributed by atoms with Crippen molar-refractivity contribution in [2.75, 3.05) is 7.05 Å². The number of aliphatic carboxylic acids is 1. The first-order valence-electron chi connectivity index (χ1n) is 5.17. The molecule has 0 bridgehead atoms. The fourth-order valence-corrected chi connectivity index (χ4v) is 1.13. The van der Waals surface area contributed by atoms with Gasteiger partial charge in [-0.05, 0) is 19.1 Å². The molecule has 7 heteroatoms. The smallest absolute Gasteiger partial charge is 0.325 e. The maximum atomic E-state index is 11.6. The highest BCUT2D eigenvalue weighted by Gasteiger charge is 2.15. The van der Waals surface area contributed by atoms with Crippen molar-refractivity contribution in [1.29, 1.82) is 0 Å². The number of amides is 2. The van der Waals surface area contributed by atoms with Gasteiger partial charge in [-0.25, -0.2) is 0 Å². The lowest BCUT2D eigenvalue weighted by atomic mass is 10.2. The van der Waals surface area contributed by atoms with Crippen LogP contribution in [0.1, 0.15) is 27.8 Å². The molecule has 0 spiro atoms. The molecule has 1 aromatic heterocycles. The number of aromatic nitrogens is 1. The Morgan fingerprint density at radius 3 is 2.39 bits per heavy atom. The second kappa shape index (κ2) is 5.76. The second-order valence-corrected chi connectivity index (χ2v) is 3.54. The van der Waals surface area contributed by atoms with Crippen LogP contribution in [0.15, 0.2) is 18.3 Å². The molecule has 0 saturated carbocycles. The van der Waals surface area contributed by atoms with Crippen molar-refractivity contribution in [1.82, 2.24) is 15.6 Å². The van der Waals surface area contributed by atoms with E-state index in [2.05, 4.69) is 15.6 Å².